The van der Waals surface area contributed by atoms with Crippen LogP contribution in [0.4, 0.5) is 4.39 Å². The third kappa shape index (κ3) is 23.9. The lowest BCUT2D eigenvalue weighted by atomic mass is 10.0. The highest BCUT2D eigenvalue weighted by Gasteiger charge is 2.05. The average molecular weight is 385 g/mol. The Kier molecular flexibility index (Phi) is 23.9. The number of alkyl halides is 1. The molecule has 1 unspecified atom stereocenters. The average Bonchev–Trinajstić information content (AvgIpc) is 2.67. The maximum atomic E-state index is 13.8. The van der Waals surface area contributed by atoms with Gasteiger partial charge in [-0.3, -0.25) is 0 Å². The van der Waals surface area contributed by atoms with Crippen molar-refractivity contribution in [1.82, 2.24) is 0 Å². The van der Waals surface area contributed by atoms with Gasteiger partial charge in [0.15, 0.2) is 0 Å². The molecule has 0 spiro atoms. The second kappa shape index (κ2) is 24.0. The third-order valence-electron chi connectivity index (χ3n) is 5.99. The first-order chi connectivity index (χ1) is 13.3. The number of hydrogen-bond donors (Lipinski definition) is 0. The van der Waals surface area contributed by atoms with Crippen molar-refractivity contribution in [2.75, 3.05) is 0 Å². The Hall–Kier alpha value is -0.0700. The van der Waals surface area contributed by atoms with Crippen LogP contribution in [-0.4, -0.2) is 6.17 Å². The number of unbranched alkanes of at least 4 members (excludes halogenated alkanes) is 19. The van der Waals surface area contributed by atoms with E-state index in [1.54, 1.807) is 0 Å². The molecule has 164 valence electrons. The van der Waals surface area contributed by atoms with Crippen LogP contribution in [-0.2, 0) is 0 Å². The van der Waals surface area contributed by atoms with Crippen LogP contribution in [0.15, 0.2) is 0 Å². The topological polar surface area (TPSA) is 0 Å². The molecular formula is C26H53F. The normalized spacial score (nSPS) is 12.6. The van der Waals surface area contributed by atoms with E-state index in [1.807, 2.05) is 0 Å². The maximum Gasteiger partial charge on any atom is 0.100 e. The standard InChI is InChI=1S/C26H53F/c1-3-5-7-9-10-11-12-13-14-15-16-17-18-19-21-23-25-26(27)24-22-20-8-6-4-2/h26H,3-25H2,1-2H3. The van der Waals surface area contributed by atoms with Crippen molar-refractivity contribution in [2.24, 2.45) is 0 Å². The molecule has 0 radical (unpaired) electrons. The Balaban J connectivity index is 3.08. The van der Waals surface area contributed by atoms with Crippen LogP contribution >= 0.6 is 0 Å². The fourth-order valence-electron chi connectivity index (χ4n) is 4.03. The zero-order valence-corrected chi connectivity index (χ0v) is 19.2. The summed E-state index contributed by atoms with van der Waals surface area (Å²) in [6, 6.07) is 0. The van der Waals surface area contributed by atoms with Gasteiger partial charge in [0.25, 0.3) is 0 Å². The summed E-state index contributed by atoms with van der Waals surface area (Å²) in [4.78, 5) is 0. The van der Waals surface area contributed by atoms with Gasteiger partial charge >= 0.3 is 0 Å². The smallest absolute Gasteiger partial charge is 0.100 e. The van der Waals surface area contributed by atoms with E-state index in [1.165, 1.54) is 122 Å². The Morgan fingerprint density at radius 2 is 0.593 bits per heavy atom. The molecule has 27 heavy (non-hydrogen) atoms. The summed E-state index contributed by atoms with van der Waals surface area (Å²) >= 11 is 0. The molecule has 0 aliphatic rings. The molecule has 0 aromatic rings. The van der Waals surface area contributed by atoms with Gasteiger partial charge < -0.3 is 0 Å². The zero-order valence-electron chi connectivity index (χ0n) is 19.2. The summed E-state index contributed by atoms with van der Waals surface area (Å²) in [5.74, 6) is 0. The molecule has 1 atom stereocenters. The third-order valence-corrected chi connectivity index (χ3v) is 5.99. The fourth-order valence-corrected chi connectivity index (χ4v) is 4.03. The van der Waals surface area contributed by atoms with Crippen LogP contribution in [0.25, 0.3) is 0 Å². The SMILES string of the molecule is CCCCCCCCCCCCCCCCCCC(F)CCCCCCC. The number of hydrogen-bond acceptors (Lipinski definition) is 0. The summed E-state index contributed by atoms with van der Waals surface area (Å²) in [5.41, 5.74) is 0. The Morgan fingerprint density at radius 3 is 0.852 bits per heavy atom. The van der Waals surface area contributed by atoms with Crippen molar-refractivity contribution < 1.29 is 4.39 Å². The van der Waals surface area contributed by atoms with Gasteiger partial charge in [0, 0.05) is 0 Å². The highest BCUT2D eigenvalue weighted by molar-refractivity contribution is 4.58. The molecule has 0 saturated heterocycles. The minimum absolute atomic E-state index is 0.529. The summed E-state index contributed by atoms with van der Waals surface area (Å²) in [7, 11) is 0. The minimum Gasteiger partial charge on any atom is -0.247 e. The second-order valence-electron chi connectivity index (χ2n) is 8.89. The van der Waals surface area contributed by atoms with Crippen LogP contribution in [0.5, 0.6) is 0 Å². The molecule has 0 saturated carbocycles. The largest absolute Gasteiger partial charge is 0.247 e. The summed E-state index contributed by atoms with van der Waals surface area (Å²) < 4.78 is 13.8. The molecule has 0 aliphatic heterocycles. The van der Waals surface area contributed by atoms with E-state index >= 15 is 0 Å². The minimum atomic E-state index is -0.529. The predicted molar refractivity (Wildman–Crippen MR) is 122 cm³/mol. The summed E-state index contributed by atoms with van der Waals surface area (Å²) in [6.07, 6.45) is 29.5. The molecule has 1 heteroatoms. The first-order valence-electron chi connectivity index (χ1n) is 12.9. The molecule has 0 aliphatic carbocycles. The molecule has 0 fully saturated rings. The van der Waals surface area contributed by atoms with Crippen molar-refractivity contribution in [3.8, 4) is 0 Å². The molecule has 0 rings (SSSR count). The van der Waals surface area contributed by atoms with Crippen molar-refractivity contribution in [2.45, 2.75) is 168 Å². The molecule has 0 aromatic heterocycles. The van der Waals surface area contributed by atoms with Crippen molar-refractivity contribution in [1.29, 1.82) is 0 Å². The molecular weight excluding hydrogens is 331 g/mol. The molecule has 0 nitrogen and oxygen atoms in total. The molecule has 0 heterocycles. The van der Waals surface area contributed by atoms with Gasteiger partial charge in [-0.05, 0) is 12.8 Å². The van der Waals surface area contributed by atoms with Gasteiger partial charge in [-0.25, -0.2) is 4.39 Å². The van der Waals surface area contributed by atoms with Crippen LogP contribution in [0.2, 0.25) is 0 Å². The highest BCUT2D eigenvalue weighted by atomic mass is 19.1. The monoisotopic (exact) mass is 384 g/mol. The second-order valence-corrected chi connectivity index (χ2v) is 8.89. The molecule has 0 amide bonds. The Morgan fingerprint density at radius 1 is 0.370 bits per heavy atom. The molecule has 0 bridgehead atoms. The predicted octanol–water partition coefficient (Wildman–Crippen LogP) is 10.3. The van der Waals surface area contributed by atoms with Gasteiger partial charge in [0.05, 0.1) is 0 Å². The number of halogens is 1. The summed E-state index contributed by atoms with van der Waals surface area (Å²) in [5, 5.41) is 0. The van der Waals surface area contributed by atoms with Gasteiger partial charge in [0.1, 0.15) is 6.17 Å². The first kappa shape index (κ1) is 26.9. The van der Waals surface area contributed by atoms with Gasteiger partial charge in [-0.2, -0.15) is 0 Å². The fraction of sp³-hybridized carbons (Fsp3) is 1.00. The van der Waals surface area contributed by atoms with Gasteiger partial charge in [0.2, 0.25) is 0 Å². The van der Waals surface area contributed by atoms with Gasteiger partial charge in [-0.15, -0.1) is 0 Å². The Bertz CT molecular complexity index is 251. The maximum absolute atomic E-state index is 13.8. The van der Waals surface area contributed by atoms with Gasteiger partial charge in [-0.1, -0.05) is 149 Å². The summed E-state index contributed by atoms with van der Waals surface area (Å²) in [6.45, 7) is 4.52. The van der Waals surface area contributed by atoms with E-state index in [2.05, 4.69) is 13.8 Å². The quantitative estimate of drug-likeness (QED) is 0.154. The van der Waals surface area contributed by atoms with E-state index in [9.17, 15) is 4.39 Å². The lowest BCUT2D eigenvalue weighted by molar-refractivity contribution is 0.279. The Labute approximate surface area is 172 Å². The van der Waals surface area contributed by atoms with E-state index < -0.39 is 6.17 Å². The molecule has 0 N–H and O–H groups in total. The van der Waals surface area contributed by atoms with Crippen molar-refractivity contribution in [3.63, 3.8) is 0 Å². The first-order valence-corrected chi connectivity index (χ1v) is 12.9. The van der Waals surface area contributed by atoms with Crippen LogP contribution < -0.4 is 0 Å². The van der Waals surface area contributed by atoms with Crippen LogP contribution in [0, 0.1) is 0 Å². The van der Waals surface area contributed by atoms with E-state index in [0.717, 1.165) is 25.7 Å². The highest BCUT2D eigenvalue weighted by Crippen LogP contribution is 2.17. The lowest BCUT2D eigenvalue weighted by Crippen LogP contribution is -1.99. The van der Waals surface area contributed by atoms with Crippen molar-refractivity contribution >= 4 is 0 Å². The van der Waals surface area contributed by atoms with E-state index in [0.29, 0.717) is 0 Å². The van der Waals surface area contributed by atoms with Crippen molar-refractivity contribution in [3.05, 3.63) is 0 Å². The van der Waals surface area contributed by atoms with E-state index in [-0.39, 0.29) is 0 Å². The van der Waals surface area contributed by atoms with E-state index in [4.69, 9.17) is 0 Å². The van der Waals surface area contributed by atoms with Crippen LogP contribution in [0.3, 0.4) is 0 Å². The van der Waals surface area contributed by atoms with Crippen LogP contribution in [0.1, 0.15) is 162 Å². The number of rotatable bonds is 23. The lowest BCUT2D eigenvalue weighted by Gasteiger charge is -2.08. The zero-order chi connectivity index (χ0) is 19.8. The molecule has 0 aromatic carbocycles.